The zero-order valence-corrected chi connectivity index (χ0v) is 10.4. The first kappa shape index (κ1) is 13.9. The predicted octanol–water partition coefficient (Wildman–Crippen LogP) is 2.36. The maximum atomic E-state index is 12.8. The minimum absolute atomic E-state index is 0.0355. The van der Waals surface area contributed by atoms with Gasteiger partial charge in [0, 0.05) is 18.3 Å². The molecule has 0 radical (unpaired) electrons. The summed E-state index contributed by atoms with van der Waals surface area (Å²) < 4.78 is 17.4. The summed E-state index contributed by atoms with van der Waals surface area (Å²) >= 11 is 0. The van der Waals surface area contributed by atoms with Crippen LogP contribution in [0.5, 0.6) is 0 Å². The Morgan fingerprint density at radius 1 is 1.33 bits per heavy atom. The maximum Gasteiger partial charge on any atom is 0.343 e. The van der Waals surface area contributed by atoms with E-state index in [4.69, 9.17) is 0 Å². The van der Waals surface area contributed by atoms with Crippen LogP contribution in [0.3, 0.4) is 0 Å². The lowest BCUT2D eigenvalue weighted by atomic mass is 10.0. The van der Waals surface area contributed by atoms with Crippen LogP contribution in [0.15, 0.2) is 34.8 Å². The largest absolute Gasteiger partial charge is 0.506 e. The van der Waals surface area contributed by atoms with Crippen LogP contribution in [0.2, 0.25) is 0 Å². The first-order valence-electron chi connectivity index (χ1n) is 5.22. The average molecular weight is 251 g/mol. The fourth-order valence-electron chi connectivity index (χ4n) is 1.38. The Bertz CT molecular complexity index is 503. The van der Waals surface area contributed by atoms with Crippen molar-refractivity contribution in [2.24, 2.45) is 4.99 Å². The fourth-order valence-corrected chi connectivity index (χ4v) is 1.38. The molecule has 0 fully saturated rings. The fraction of sp³-hybridized carbons (Fsp3) is 0.231. The third kappa shape index (κ3) is 2.94. The molecule has 0 spiro atoms. The second kappa shape index (κ2) is 5.95. The topological polar surface area (TPSA) is 58.9 Å². The minimum atomic E-state index is -0.695. The van der Waals surface area contributed by atoms with Crippen LogP contribution in [0.4, 0.5) is 4.39 Å². The van der Waals surface area contributed by atoms with Gasteiger partial charge < -0.3 is 9.84 Å². The molecule has 0 aliphatic carbocycles. The molecule has 0 heterocycles. The van der Waals surface area contributed by atoms with E-state index in [1.807, 2.05) is 0 Å². The molecule has 0 saturated heterocycles. The van der Waals surface area contributed by atoms with Crippen molar-refractivity contribution < 1.29 is 19.0 Å². The molecule has 1 aromatic rings. The van der Waals surface area contributed by atoms with Gasteiger partial charge in [0.2, 0.25) is 0 Å². The molecule has 0 atom stereocenters. The van der Waals surface area contributed by atoms with Gasteiger partial charge >= 0.3 is 5.97 Å². The molecule has 0 amide bonds. The molecule has 0 bridgehead atoms. The van der Waals surface area contributed by atoms with Crippen LogP contribution in [0.1, 0.15) is 12.5 Å². The molecule has 0 saturated carbocycles. The Morgan fingerprint density at radius 3 is 2.33 bits per heavy atom. The smallest absolute Gasteiger partial charge is 0.343 e. The van der Waals surface area contributed by atoms with E-state index in [1.165, 1.54) is 38.4 Å². The lowest BCUT2D eigenvalue weighted by Crippen LogP contribution is -2.14. The number of carbonyl (C=O) groups excluding carboxylic acids is 1. The van der Waals surface area contributed by atoms with E-state index in [9.17, 15) is 14.3 Å². The van der Waals surface area contributed by atoms with Gasteiger partial charge in [0.1, 0.15) is 17.1 Å². The molecule has 0 unspecified atom stereocenters. The SMILES string of the molecule is CN=C(C)C(C(=O)OC)=C(O)c1ccc(F)cc1. The number of ether oxygens (including phenoxy) is 1. The van der Waals surface area contributed by atoms with Gasteiger partial charge in [-0.25, -0.2) is 9.18 Å². The predicted molar refractivity (Wildman–Crippen MR) is 67.0 cm³/mol. The monoisotopic (exact) mass is 251 g/mol. The van der Waals surface area contributed by atoms with E-state index in [2.05, 4.69) is 9.73 Å². The number of rotatable bonds is 3. The number of halogens is 1. The van der Waals surface area contributed by atoms with Gasteiger partial charge in [0.15, 0.2) is 0 Å². The van der Waals surface area contributed by atoms with Crippen LogP contribution >= 0.6 is 0 Å². The number of aliphatic hydroxyl groups is 1. The Labute approximate surface area is 104 Å². The first-order chi connectivity index (χ1) is 8.51. The second-order valence-corrected chi connectivity index (χ2v) is 3.53. The number of benzene rings is 1. The average Bonchev–Trinajstić information content (AvgIpc) is 2.39. The molecule has 0 aliphatic heterocycles. The minimum Gasteiger partial charge on any atom is -0.506 e. The van der Waals surface area contributed by atoms with Crippen molar-refractivity contribution in [3.8, 4) is 0 Å². The highest BCUT2D eigenvalue weighted by Gasteiger charge is 2.19. The number of methoxy groups -OCH3 is 1. The highest BCUT2D eigenvalue weighted by atomic mass is 19.1. The Morgan fingerprint density at radius 2 is 1.89 bits per heavy atom. The van der Waals surface area contributed by atoms with Crippen molar-refractivity contribution in [1.82, 2.24) is 0 Å². The molecular weight excluding hydrogens is 237 g/mol. The highest BCUT2D eigenvalue weighted by Crippen LogP contribution is 2.18. The molecule has 5 heteroatoms. The van der Waals surface area contributed by atoms with Gasteiger partial charge in [-0.15, -0.1) is 0 Å². The Kier molecular flexibility index (Phi) is 4.59. The zero-order valence-electron chi connectivity index (χ0n) is 10.4. The summed E-state index contributed by atoms with van der Waals surface area (Å²) in [5, 5.41) is 10.0. The van der Waals surface area contributed by atoms with Crippen molar-refractivity contribution in [2.75, 3.05) is 14.2 Å². The normalized spacial score (nSPS) is 13.0. The number of nitrogens with zero attached hydrogens (tertiary/aromatic N) is 1. The van der Waals surface area contributed by atoms with Crippen molar-refractivity contribution in [3.05, 3.63) is 41.2 Å². The molecule has 96 valence electrons. The first-order valence-corrected chi connectivity index (χ1v) is 5.22. The molecule has 4 nitrogen and oxygen atoms in total. The number of hydrogen-bond acceptors (Lipinski definition) is 4. The van der Waals surface area contributed by atoms with E-state index in [0.717, 1.165) is 0 Å². The van der Waals surface area contributed by atoms with Crippen molar-refractivity contribution in [1.29, 1.82) is 0 Å². The van der Waals surface area contributed by atoms with E-state index in [0.29, 0.717) is 11.3 Å². The maximum absolute atomic E-state index is 12.8. The summed E-state index contributed by atoms with van der Waals surface area (Å²) in [6.07, 6.45) is 0. The number of aliphatic imine (C=N–C) groups is 1. The molecule has 0 aliphatic rings. The summed E-state index contributed by atoms with van der Waals surface area (Å²) in [7, 11) is 2.71. The van der Waals surface area contributed by atoms with Gasteiger partial charge in [-0.05, 0) is 31.2 Å². The van der Waals surface area contributed by atoms with Crippen LogP contribution in [0.25, 0.3) is 5.76 Å². The Balaban J connectivity index is 3.35. The second-order valence-electron chi connectivity index (χ2n) is 3.53. The van der Waals surface area contributed by atoms with Gasteiger partial charge in [-0.1, -0.05) is 0 Å². The van der Waals surface area contributed by atoms with Crippen molar-refractivity contribution in [2.45, 2.75) is 6.92 Å². The summed E-state index contributed by atoms with van der Waals surface area (Å²) in [5.74, 6) is -1.41. The quantitative estimate of drug-likeness (QED) is 0.388. The van der Waals surface area contributed by atoms with Gasteiger partial charge in [0.05, 0.1) is 7.11 Å². The molecule has 18 heavy (non-hydrogen) atoms. The van der Waals surface area contributed by atoms with Crippen LogP contribution in [0, 0.1) is 5.82 Å². The van der Waals surface area contributed by atoms with Gasteiger partial charge in [-0.2, -0.15) is 0 Å². The van der Waals surface area contributed by atoms with E-state index in [1.54, 1.807) is 6.92 Å². The van der Waals surface area contributed by atoms with Crippen LogP contribution < -0.4 is 0 Å². The number of carbonyl (C=O) groups is 1. The highest BCUT2D eigenvalue weighted by molar-refractivity contribution is 6.23. The number of aliphatic hydroxyl groups excluding tert-OH is 1. The summed E-state index contributed by atoms with van der Waals surface area (Å²) in [6, 6.07) is 5.13. The molecule has 0 aromatic heterocycles. The van der Waals surface area contributed by atoms with Crippen LogP contribution in [-0.4, -0.2) is 30.9 Å². The standard InChI is InChI=1S/C13H14FNO3/c1-8(15-2)11(13(17)18-3)12(16)9-4-6-10(14)7-5-9/h4-7,16H,1-3H3. The summed E-state index contributed by atoms with van der Waals surface area (Å²) in [5.41, 5.74) is 0.620. The summed E-state index contributed by atoms with van der Waals surface area (Å²) in [6.45, 7) is 1.58. The Hall–Kier alpha value is -2.17. The van der Waals surface area contributed by atoms with Gasteiger partial charge in [-0.3, -0.25) is 4.99 Å². The lowest BCUT2D eigenvalue weighted by molar-refractivity contribution is -0.135. The molecule has 1 rings (SSSR count). The number of esters is 1. The third-order valence-electron chi connectivity index (χ3n) is 2.44. The summed E-state index contributed by atoms with van der Waals surface area (Å²) in [4.78, 5) is 15.4. The van der Waals surface area contributed by atoms with Gasteiger partial charge in [0.25, 0.3) is 0 Å². The molecular formula is C13H14FNO3. The zero-order chi connectivity index (χ0) is 13.7. The molecule has 1 aromatic carbocycles. The third-order valence-corrected chi connectivity index (χ3v) is 2.44. The van der Waals surface area contributed by atoms with Crippen LogP contribution in [-0.2, 0) is 9.53 Å². The van der Waals surface area contributed by atoms with E-state index in [-0.39, 0.29) is 11.3 Å². The van der Waals surface area contributed by atoms with E-state index >= 15 is 0 Å². The van der Waals surface area contributed by atoms with Crippen molar-refractivity contribution >= 4 is 17.4 Å². The lowest BCUT2D eigenvalue weighted by Gasteiger charge is -2.08. The van der Waals surface area contributed by atoms with E-state index < -0.39 is 11.8 Å². The number of hydrogen-bond donors (Lipinski definition) is 1. The molecule has 1 N–H and O–H groups in total. The van der Waals surface area contributed by atoms with Crippen molar-refractivity contribution in [3.63, 3.8) is 0 Å².